The van der Waals surface area contributed by atoms with Crippen molar-refractivity contribution in [3.63, 3.8) is 0 Å². The minimum Gasteiger partial charge on any atom is -0.361 e. The van der Waals surface area contributed by atoms with Gasteiger partial charge < -0.3 is 9.80 Å². The summed E-state index contributed by atoms with van der Waals surface area (Å²) in [7, 11) is 1.43. The largest absolute Gasteiger partial charge is 0.361 e. The molecule has 0 N–H and O–H groups in total. The molecule has 20 heavy (non-hydrogen) atoms. The minimum atomic E-state index is -0.859. The fourth-order valence-corrected chi connectivity index (χ4v) is 1.98. The third-order valence-electron chi connectivity index (χ3n) is 3.05. The molecule has 1 aromatic carbocycles. The highest BCUT2D eigenvalue weighted by Gasteiger charge is 2.19. The molecule has 1 aromatic rings. The smallest absolute Gasteiger partial charge is 0.242 e. The van der Waals surface area contributed by atoms with Gasteiger partial charge in [0, 0.05) is 25.7 Å². The van der Waals surface area contributed by atoms with Crippen LogP contribution in [0.3, 0.4) is 0 Å². The van der Waals surface area contributed by atoms with Crippen molar-refractivity contribution in [1.82, 2.24) is 4.90 Å². The highest BCUT2D eigenvalue weighted by Crippen LogP contribution is 2.23. The molecule has 4 nitrogen and oxygen atoms in total. The topological polar surface area (TPSA) is 40.6 Å². The van der Waals surface area contributed by atoms with Crippen LogP contribution in [0, 0.1) is 11.6 Å². The van der Waals surface area contributed by atoms with E-state index < -0.39 is 11.6 Å². The lowest BCUT2D eigenvalue weighted by molar-refractivity contribution is -0.129. The van der Waals surface area contributed by atoms with Crippen LogP contribution < -0.4 is 4.90 Å². The van der Waals surface area contributed by atoms with Crippen molar-refractivity contribution in [3.8, 4) is 0 Å². The van der Waals surface area contributed by atoms with Crippen molar-refractivity contribution >= 4 is 17.9 Å². The van der Waals surface area contributed by atoms with Gasteiger partial charge in [-0.25, -0.2) is 8.78 Å². The number of halogens is 2. The fraction of sp³-hybridized carbons (Fsp3) is 0.429. The van der Waals surface area contributed by atoms with Crippen molar-refractivity contribution in [2.75, 3.05) is 31.6 Å². The monoisotopic (exact) mass is 284 g/mol. The zero-order valence-corrected chi connectivity index (χ0v) is 11.8. The van der Waals surface area contributed by atoms with E-state index in [1.807, 2.05) is 13.8 Å². The van der Waals surface area contributed by atoms with Crippen LogP contribution in [0.2, 0.25) is 0 Å². The highest BCUT2D eigenvalue weighted by atomic mass is 19.1. The standard InChI is InChI=1S/C14H18F2N2O2/c1-4-18(5-2)13(20)8-17(3)14-11(15)6-10(9-19)7-12(14)16/h6-7,9H,4-5,8H2,1-3H3. The molecule has 0 bridgehead atoms. The number of carbonyl (C=O) groups is 2. The Balaban J connectivity index is 2.95. The van der Waals surface area contributed by atoms with Crippen LogP contribution in [-0.2, 0) is 4.79 Å². The van der Waals surface area contributed by atoms with Gasteiger partial charge >= 0.3 is 0 Å². The Morgan fingerprint density at radius 3 is 2.10 bits per heavy atom. The van der Waals surface area contributed by atoms with Gasteiger partial charge in [-0.05, 0) is 26.0 Å². The quantitative estimate of drug-likeness (QED) is 0.751. The van der Waals surface area contributed by atoms with Gasteiger partial charge in [0.1, 0.15) is 23.6 Å². The Kier molecular flexibility index (Phi) is 5.61. The van der Waals surface area contributed by atoms with E-state index in [4.69, 9.17) is 0 Å². The number of rotatable bonds is 6. The summed E-state index contributed by atoms with van der Waals surface area (Å²) >= 11 is 0. The van der Waals surface area contributed by atoms with Crippen molar-refractivity contribution in [2.24, 2.45) is 0 Å². The number of nitrogens with zero attached hydrogens (tertiary/aromatic N) is 2. The van der Waals surface area contributed by atoms with Crippen LogP contribution in [0.15, 0.2) is 12.1 Å². The van der Waals surface area contributed by atoms with Crippen molar-refractivity contribution in [3.05, 3.63) is 29.3 Å². The maximum Gasteiger partial charge on any atom is 0.242 e. The zero-order valence-electron chi connectivity index (χ0n) is 11.8. The molecule has 0 unspecified atom stereocenters. The van der Waals surface area contributed by atoms with Gasteiger partial charge in [-0.1, -0.05) is 0 Å². The Morgan fingerprint density at radius 2 is 1.70 bits per heavy atom. The first-order valence-electron chi connectivity index (χ1n) is 6.37. The number of benzene rings is 1. The lowest BCUT2D eigenvalue weighted by atomic mass is 10.2. The third kappa shape index (κ3) is 3.53. The number of hydrogen-bond acceptors (Lipinski definition) is 3. The van der Waals surface area contributed by atoms with Crippen LogP contribution in [0.5, 0.6) is 0 Å². The number of hydrogen-bond donors (Lipinski definition) is 0. The SMILES string of the molecule is CCN(CC)C(=O)CN(C)c1c(F)cc(C=O)cc1F. The number of likely N-dealkylation sites (N-methyl/N-ethyl adjacent to an activating group) is 2. The molecule has 1 amide bonds. The van der Waals surface area contributed by atoms with Gasteiger partial charge in [0.2, 0.25) is 5.91 Å². The van der Waals surface area contributed by atoms with E-state index in [2.05, 4.69) is 0 Å². The molecule has 0 aliphatic carbocycles. The Bertz CT molecular complexity index is 479. The molecule has 6 heteroatoms. The Labute approximate surface area is 117 Å². The van der Waals surface area contributed by atoms with Crippen LogP contribution in [-0.4, -0.2) is 43.8 Å². The van der Waals surface area contributed by atoms with E-state index in [1.54, 1.807) is 4.90 Å². The number of amides is 1. The molecule has 0 radical (unpaired) electrons. The normalized spacial score (nSPS) is 10.2. The van der Waals surface area contributed by atoms with Crippen LogP contribution >= 0.6 is 0 Å². The van der Waals surface area contributed by atoms with E-state index in [0.717, 1.165) is 12.1 Å². The zero-order chi connectivity index (χ0) is 15.3. The van der Waals surface area contributed by atoms with E-state index in [-0.39, 0.29) is 23.7 Å². The summed E-state index contributed by atoms with van der Waals surface area (Å²) < 4.78 is 27.6. The maximum atomic E-state index is 13.8. The second-order valence-corrected chi connectivity index (χ2v) is 4.37. The van der Waals surface area contributed by atoms with Gasteiger partial charge in [0.15, 0.2) is 0 Å². The maximum absolute atomic E-state index is 13.8. The molecule has 0 saturated heterocycles. The first-order chi connectivity index (χ1) is 9.44. The number of carbonyl (C=O) groups excluding carboxylic acids is 2. The van der Waals surface area contributed by atoms with Crippen LogP contribution in [0.25, 0.3) is 0 Å². The molecule has 0 atom stereocenters. The first-order valence-corrected chi connectivity index (χ1v) is 6.37. The lowest BCUT2D eigenvalue weighted by Crippen LogP contribution is -2.39. The summed E-state index contributed by atoms with van der Waals surface area (Å²) in [5.41, 5.74) is -0.386. The summed E-state index contributed by atoms with van der Waals surface area (Å²) in [6.45, 7) is 4.62. The summed E-state index contributed by atoms with van der Waals surface area (Å²) in [6.07, 6.45) is 0.372. The summed E-state index contributed by atoms with van der Waals surface area (Å²) in [5.74, 6) is -1.93. The van der Waals surface area contributed by atoms with Gasteiger partial charge in [0.25, 0.3) is 0 Å². The predicted octanol–water partition coefficient (Wildman–Crippen LogP) is 2.08. The Hall–Kier alpha value is -1.98. The molecular weight excluding hydrogens is 266 g/mol. The van der Waals surface area contributed by atoms with E-state index in [0.29, 0.717) is 19.4 Å². The second kappa shape index (κ2) is 6.98. The lowest BCUT2D eigenvalue weighted by Gasteiger charge is -2.25. The molecule has 0 heterocycles. The number of aldehydes is 1. The summed E-state index contributed by atoms with van der Waals surface area (Å²) in [6, 6.07) is 1.90. The van der Waals surface area contributed by atoms with E-state index in [9.17, 15) is 18.4 Å². The van der Waals surface area contributed by atoms with Crippen LogP contribution in [0.4, 0.5) is 14.5 Å². The molecule has 0 aliphatic rings. The molecule has 0 spiro atoms. The summed E-state index contributed by atoms with van der Waals surface area (Å²) in [5, 5.41) is 0. The molecule has 0 aromatic heterocycles. The van der Waals surface area contributed by atoms with Gasteiger partial charge in [-0.2, -0.15) is 0 Å². The average Bonchev–Trinajstić information content (AvgIpc) is 2.38. The molecule has 110 valence electrons. The molecular formula is C14H18F2N2O2. The molecule has 1 rings (SSSR count). The molecule has 0 saturated carbocycles. The minimum absolute atomic E-state index is 0.0766. The number of anilines is 1. The van der Waals surface area contributed by atoms with Gasteiger partial charge in [0.05, 0.1) is 6.54 Å². The van der Waals surface area contributed by atoms with Crippen molar-refractivity contribution < 1.29 is 18.4 Å². The summed E-state index contributed by atoms with van der Waals surface area (Å²) in [4.78, 5) is 25.2. The van der Waals surface area contributed by atoms with E-state index in [1.165, 1.54) is 11.9 Å². The first kappa shape index (κ1) is 16.1. The van der Waals surface area contributed by atoms with Gasteiger partial charge in [-0.15, -0.1) is 0 Å². The van der Waals surface area contributed by atoms with Crippen molar-refractivity contribution in [2.45, 2.75) is 13.8 Å². The van der Waals surface area contributed by atoms with Gasteiger partial charge in [-0.3, -0.25) is 9.59 Å². The fourth-order valence-electron chi connectivity index (χ4n) is 1.98. The second-order valence-electron chi connectivity index (χ2n) is 4.37. The van der Waals surface area contributed by atoms with E-state index >= 15 is 0 Å². The predicted molar refractivity (Wildman–Crippen MR) is 72.9 cm³/mol. The molecule has 0 aliphatic heterocycles. The van der Waals surface area contributed by atoms with Crippen molar-refractivity contribution in [1.29, 1.82) is 0 Å². The average molecular weight is 284 g/mol. The Morgan fingerprint density at radius 1 is 1.20 bits per heavy atom. The third-order valence-corrected chi connectivity index (χ3v) is 3.05. The molecule has 0 fully saturated rings. The van der Waals surface area contributed by atoms with Crippen LogP contribution in [0.1, 0.15) is 24.2 Å². The highest BCUT2D eigenvalue weighted by molar-refractivity contribution is 5.82.